The second kappa shape index (κ2) is 1.99. The second-order valence-corrected chi connectivity index (χ2v) is 2.49. The maximum Gasteiger partial charge on any atom is 0.308 e. The van der Waals surface area contributed by atoms with Crippen molar-refractivity contribution in [1.82, 2.24) is 0 Å². The van der Waals surface area contributed by atoms with Crippen LogP contribution >= 0.6 is 0 Å². The van der Waals surface area contributed by atoms with E-state index in [1.165, 1.54) is 0 Å². The molecule has 1 aliphatic heterocycles. The lowest BCUT2D eigenvalue weighted by atomic mass is 10.1. The van der Waals surface area contributed by atoms with Crippen LogP contribution in [0.3, 0.4) is 0 Å². The minimum absolute atomic E-state index is 0.167. The summed E-state index contributed by atoms with van der Waals surface area (Å²) in [5.74, 6) is -0.167. The molecule has 0 aromatic heterocycles. The van der Waals surface area contributed by atoms with Crippen LogP contribution < -0.4 is 0 Å². The number of cyclic esters (lactones) is 1. The van der Waals surface area contributed by atoms with E-state index in [1.54, 1.807) is 7.11 Å². The van der Waals surface area contributed by atoms with E-state index in [9.17, 15) is 4.79 Å². The van der Waals surface area contributed by atoms with Gasteiger partial charge >= 0.3 is 5.97 Å². The topological polar surface area (TPSA) is 35.5 Å². The number of methoxy groups -OCH3 is 1. The lowest BCUT2D eigenvalue weighted by Gasteiger charge is -2.16. The predicted molar refractivity (Wildman–Crippen MR) is 31.0 cm³/mol. The van der Waals surface area contributed by atoms with Gasteiger partial charge in [-0.3, -0.25) is 4.79 Å². The van der Waals surface area contributed by atoms with Crippen LogP contribution in [0.15, 0.2) is 0 Å². The van der Waals surface area contributed by atoms with Crippen molar-refractivity contribution in [2.24, 2.45) is 0 Å². The van der Waals surface area contributed by atoms with Gasteiger partial charge < -0.3 is 9.47 Å². The van der Waals surface area contributed by atoms with Crippen molar-refractivity contribution in [3.63, 3.8) is 0 Å². The van der Waals surface area contributed by atoms with Gasteiger partial charge in [-0.25, -0.2) is 0 Å². The number of carbonyl (C=O) groups excluding carboxylic acids is 1. The number of ether oxygens (including phenoxy) is 2. The Labute approximate surface area is 53.9 Å². The van der Waals surface area contributed by atoms with Gasteiger partial charge in [0.1, 0.15) is 12.2 Å². The van der Waals surface area contributed by atoms with Crippen molar-refractivity contribution >= 4 is 5.97 Å². The molecule has 0 radical (unpaired) electrons. The Morgan fingerprint density at radius 1 is 1.78 bits per heavy atom. The number of hydrogen-bond acceptors (Lipinski definition) is 3. The first kappa shape index (κ1) is 6.55. The minimum atomic E-state index is -0.364. The van der Waals surface area contributed by atoms with Gasteiger partial charge in [0.25, 0.3) is 0 Å². The number of rotatable bonds is 1. The lowest BCUT2D eigenvalue weighted by Crippen LogP contribution is -2.26. The maximum atomic E-state index is 10.5. The predicted octanol–water partition coefficient (Wildman–Crippen LogP) is 0.338. The molecule has 3 heteroatoms. The van der Waals surface area contributed by atoms with Crippen LogP contribution in [0, 0.1) is 0 Å². The Kier molecular flexibility index (Phi) is 1.45. The summed E-state index contributed by atoms with van der Waals surface area (Å²) in [7, 11) is 1.59. The molecular weight excluding hydrogens is 120 g/mol. The first-order valence-corrected chi connectivity index (χ1v) is 2.87. The highest BCUT2D eigenvalue weighted by Crippen LogP contribution is 2.21. The summed E-state index contributed by atoms with van der Waals surface area (Å²) in [4.78, 5) is 10.5. The Bertz CT molecular complexity index is 132. The smallest absolute Gasteiger partial charge is 0.308 e. The maximum absolute atomic E-state index is 10.5. The van der Waals surface area contributed by atoms with Gasteiger partial charge in [0.05, 0.1) is 6.42 Å². The zero-order valence-electron chi connectivity index (χ0n) is 5.64. The average molecular weight is 130 g/mol. The van der Waals surface area contributed by atoms with E-state index in [-0.39, 0.29) is 11.6 Å². The molecule has 9 heavy (non-hydrogen) atoms. The molecule has 1 aliphatic rings. The SMILES string of the molecule is COC1(C)COC(=O)C1. The highest BCUT2D eigenvalue weighted by atomic mass is 16.6. The van der Waals surface area contributed by atoms with E-state index in [0.29, 0.717) is 13.0 Å². The molecule has 1 heterocycles. The van der Waals surface area contributed by atoms with Crippen LogP contribution in [-0.4, -0.2) is 25.3 Å². The monoisotopic (exact) mass is 130 g/mol. The van der Waals surface area contributed by atoms with Crippen LogP contribution in [0.25, 0.3) is 0 Å². The van der Waals surface area contributed by atoms with Crippen molar-refractivity contribution < 1.29 is 14.3 Å². The average Bonchev–Trinajstić information content (AvgIpc) is 2.13. The van der Waals surface area contributed by atoms with Crippen molar-refractivity contribution in [3.8, 4) is 0 Å². The summed E-state index contributed by atoms with van der Waals surface area (Å²) in [6, 6.07) is 0. The molecule has 3 nitrogen and oxygen atoms in total. The van der Waals surface area contributed by atoms with Gasteiger partial charge in [-0.15, -0.1) is 0 Å². The molecule has 0 aromatic carbocycles. The summed E-state index contributed by atoms with van der Waals surface area (Å²) in [6.07, 6.45) is 0.378. The molecule has 0 bridgehead atoms. The van der Waals surface area contributed by atoms with E-state index in [2.05, 4.69) is 0 Å². The summed E-state index contributed by atoms with van der Waals surface area (Å²) >= 11 is 0. The molecule has 1 saturated heterocycles. The summed E-state index contributed by atoms with van der Waals surface area (Å²) in [5.41, 5.74) is -0.364. The summed E-state index contributed by atoms with van der Waals surface area (Å²) in [5, 5.41) is 0. The first-order valence-electron chi connectivity index (χ1n) is 2.87. The normalized spacial score (nSPS) is 34.7. The molecule has 0 spiro atoms. The fourth-order valence-electron chi connectivity index (χ4n) is 0.772. The van der Waals surface area contributed by atoms with Gasteiger partial charge in [0.2, 0.25) is 0 Å². The van der Waals surface area contributed by atoms with Gasteiger partial charge in [-0.2, -0.15) is 0 Å². The largest absolute Gasteiger partial charge is 0.463 e. The Morgan fingerprint density at radius 2 is 2.44 bits per heavy atom. The molecule has 1 fully saturated rings. The van der Waals surface area contributed by atoms with Crippen LogP contribution in [0.5, 0.6) is 0 Å². The zero-order valence-corrected chi connectivity index (χ0v) is 5.64. The molecule has 0 saturated carbocycles. The highest BCUT2D eigenvalue weighted by molar-refractivity contribution is 5.72. The molecule has 1 rings (SSSR count). The number of esters is 1. The van der Waals surface area contributed by atoms with E-state index >= 15 is 0 Å². The van der Waals surface area contributed by atoms with Gasteiger partial charge in [-0.1, -0.05) is 0 Å². The Hall–Kier alpha value is -0.570. The Balaban J connectivity index is 2.54. The Morgan fingerprint density at radius 3 is 2.67 bits per heavy atom. The van der Waals surface area contributed by atoms with Crippen LogP contribution in [0.1, 0.15) is 13.3 Å². The fraction of sp³-hybridized carbons (Fsp3) is 0.833. The molecule has 1 atom stereocenters. The minimum Gasteiger partial charge on any atom is -0.463 e. The van der Waals surface area contributed by atoms with Crippen molar-refractivity contribution in [2.75, 3.05) is 13.7 Å². The van der Waals surface area contributed by atoms with Crippen LogP contribution in [-0.2, 0) is 14.3 Å². The van der Waals surface area contributed by atoms with E-state index in [4.69, 9.17) is 9.47 Å². The van der Waals surface area contributed by atoms with E-state index < -0.39 is 0 Å². The lowest BCUT2D eigenvalue weighted by molar-refractivity contribution is -0.137. The summed E-state index contributed by atoms with van der Waals surface area (Å²) in [6.45, 7) is 2.25. The number of carbonyl (C=O) groups is 1. The molecule has 0 aromatic rings. The molecule has 1 unspecified atom stereocenters. The zero-order chi connectivity index (χ0) is 6.91. The van der Waals surface area contributed by atoms with Gasteiger partial charge in [-0.05, 0) is 6.92 Å². The quantitative estimate of drug-likeness (QED) is 0.480. The molecular formula is C6H10O3. The van der Waals surface area contributed by atoms with Crippen LogP contribution in [0.4, 0.5) is 0 Å². The highest BCUT2D eigenvalue weighted by Gasteiger charge is 2.35. The standard InChI is InChI=1S/C6H10O3/c1-6(8-2)3-5(7)9-4-6/h3-4H2,1-2H3. The molecule has 0 N–H and O–H groups in total. The fourth-order valence-corrected chi connectivity index (χ4v) is 0.772. The number of hydrogen-bond donors (Lipinski definition) is 0. The third-order valence-electron chi connectivity index (χ3n) is 1.55. The van der Waals surface area contributed by atoms with Crippen molar-refractivity contribution in [1.29, 1.82) is 0 Å². The first-order chi connectivity index (χ1) is 4.16. The van der Waals surface area contributed by atoms with Crippen molar-refractivity contribution in [3.05, 3.63) is 0 Å². The third kappa shape index (κ3) is 1.21. The van der Waals surface area contributed by atoms with E-state index in [0.717, 1.165) is 0 Å². The van der Waals surface area contributed by atoms with E-state index in [1.807, 2.05) is 6.92 Å². The molecule has 52 valence electrons. The third-order valence-corrected chi connectivity index (χ3v) is 1.55. The van der Waals surface area contributed by atoms with Crippen LogP contribution in [0.2, 0.25) is 0 Å². The second-order valence-electron chi connectivity index (χ2n) is 2.49. The molecule has 0 aliphatic carbocycles. The van der Waals surface area contributed by atoms with Crippen molar-refractivity contribution in [2.45, 2.75) is 18.9 Å². The van der Waals surface area contributed by atoms with Gasteiger partial charge in [0.15, 0.2) is 0 Å². The summed E-state index contributed by atoms with van der Waals surface area (Å²) < 4.78 is 9.72. The van der Waals surface area contributed by atoms with Gasteiger partial charge in [0, 0.05) is 7.11 Å². The molecule has 0 amide bonds.